The molecule has 19 heavy (non-hydrogen) atoms. The Morgan fingerprint density at radius 3 is 3.21 bits per heavy atom. The van der Waals surface area contributed by atoms with Gasteiger partial charge in [-0.2, -0.15) is 0 Å². The maximum Gasteiger partial charge on any atom is 0.169 e. The predicted molar refractivity (Wildman–Crippen MR) is 77.9 cm³/mol. The molecule has 1 aliphatic heterocycles. The van der Waals surface area contributed by atoms with Gasteiger partial charge in [0.1, 0.15) is 0 Å². The maximum atomic E-state index is 5.44. The fourth-order valence-electron chi connectivity index (χ4n) is 2.62. The molecule has 0 aromatic carbocycles. The monoisotopic (exact) mass is 275 g/mol. The average Bonchev–Trinajstić information content (AvgIpc) is 3.05. The predicted octanol–water partition coefficient (Wildman–Crippen LogP) is 1.76. The molecule has 0 amide bonds. The Labute approximate surface area is 117 Å². The second kappa shape index (κ2) is 5.13. The lowest BCUT2D eigenvalue weighted by Crippen LogP contribution is -2.39. The van der Waals surface area contributed by atoms with Crippen LogP contribution in [0.5, 0.6) is 0 Å². The van der Waals surface area contributed by atoms with E-state index in [2.05, 4.69) is 31.7 Å². The van der Waals surface area contributed by atoms with E-state index in [0.29, 0.717) is 0 Å². The minimum atomic E-state index is 0.226. The number of nitrogens with zero attached hydrogens (tertiary/aromatic N) is 4. The summed E-state index contributed by atoms with van der Waals surface area (Å²) in [4.78, 5) is 2.22. The van der Waals surface area contributed by atoms with Crippen molar-refractivity contribution in [3.05, 3.63) is 30.2 Å². The molecule has 3 heterocycles. The lowest BCUT2D eigenvalue weighted by atomic mass is 10.2. The largest absolute Gasteiger partial charge is 0.363 e. The van der Waals surface area contributed by atoms with Crippen molar-refractivity contribution < 1.29 is 0 Å². The van der Waals surface area contributed by atoms with Crippen molar-refractivity contribution in [3.8, 4) is 0 Å². The van der Waals surface area contributed by atoms with Crippen molar-refractivity contribution in [1.82, 2.24) is 24.8 Å². The molecule has 5 nitrogen and oxygen atoms in total. The quantitative estimate of drug-likeness (QED) is 0.846. The van der Waals surface area contributed by atoms with E-state index in [1.165, 1.54) is 0 Å². The fraction of sp³-hybridized carbons (Fsp3) is 0.462. The first-order chi connectivity index (χ1) is 9.31. The van der Waals surface area contributed by atoms with Crippen molar-refractivity contribution in [2.75, 3.05) is 13.1 Å². The third-order valence-electron chi connectivity index (χ3n) is 3.48. The fourth-order valence-corrected chi connectivity index (χ4v) is 2.98. The highest BCUT2D eigenvalue weighted by Gasteiger charge is 2.31. The Morgan fingerprint density at radius 2 is 2.37 bits per heavy atom. The lowest BCUT2D eigenvalue weighted by molar-refractivity contribution is 0.376. The van der Waals surface area contributed by atoms with E-state index in [0.717, 1.165) is 42.5 Å². The summed E-state index contributed by atoms with van der Waals surface area (Å²) in [6.45, 7) is 3.89. The summed E-state index contributed by atoms with van der Waals surface area (Å²) in [5.74, 6) is 0.980. The van der Waals surface area contributed by atoms with Gasteiger partial charge in [-0.05, 0) is 44.1 Å². The highest BCUT2D eigenvalue weighted by atomic mass is 32.1. The number of rotatable bonds is 2. The van der Waals surface area contributed by atoms with Crippen LogP contribution in [-0.4, -0.2) is 37.7 Å². The second-order valence-corrected chi connectivity index (χ2v) is 5.06. The van der Waals surface area contributed by atoms with Crippen molar-refractivity contribution in [2.24, 2.45) is 0 Å². The number of pyridine rings is 1. The molecule has 2 aromatic heterocycles. The molecule has 1 atom stereocenters. The van der Waals surface area contributed by atoms with Crippen LogP contribution in [-0.2, 0) is 0 Å². The maximum absolute atomic E-state index is 5.44. The summed E-state index contributed by atoms with van der Waals surface area (Å²) >= 11 is 5.44. The third-order valence-corrected chi connectivity index (χ3v) is 3.86. The molecule has 1 fully saturated rings. The van der Waals surface area contributed by atoms with E-state index >= 15 is 0 Å². The van der Waals surface area contributed by atoms with Crippen LogP contribution in [0.25, 0.3) is 5.65 Å². The molecular formula is C13H17N5S. The SMILES string of the molecule is CCNC(=S)N1CCC[C@@H]1c1nnc2ccccn12. The van der Waals surface area contributed by atoms with Crippen LogP contribution in [0.2, 0.25) is 0 Å². The molecule has 1 saturated heterocycles. The van der Waals surface area contributed by atoms with Gasteiger partial charge in [0.15, 0.2) is 16.6 Å². The normalized spacial score (nSPS) is 19.0. The van der Waals surface area contributed by atoms with Crippen LogP contribution in [0.15, 0.2) is 24.4 Å². The highest BCUT2D eigenvalue weighted by Crippen LogP contribution is 2.30. The van der Waals surface area contributed by atoms with Gasteiger partial charge >= 0.3 is 0 Å². The van der Waals surface area contributed by atoms with Crippen LogP contribution in [0.4, 0.5) is 0 Å². The lowest BCUT2D eigenvalue weighted by Gasteiger charge is -2.26. The van der Waals surface area contributed by atoms with Gasteiger partial charge in [0.2, 0.25) is 0 Å². The molecule has 0 radical (unpaired) electrons. The van der Waals surface area contributed by atoms with Gasteiger partial charge in [-0.1, -0.05) is 6.07 Å². The van der Waals surface area contributed by atoms with Gasteiger partial charge in [-0.25, -0.2) is 0 Å². The molecule has 0 spiro atoms. The Morgan fingerprint density at radius 1 is 1.47 bits per heavy atom. The summed E-state index contributed by atoms with van der Waals surface area (Å²) in [5.41, 5.74) is 0.888. The summed E-state index contributed by atoms with van der Waals surface area (Å²) in [7, 11) is 0. The van der Waals surface area contributed by atoms with Crippen LogP contribution in [0, 0.1) is 0 Å². The first-order valence-electron chi connectivity index (χ1n) is 6.65. The standard InChI is InChI=1S/C13H17N5S/c1-2-14-13(19)17-9-5-6-10(17)12-16-15-11-7-3-4-8-18(11)12/h3-4,7-8,10H,2,5-6,9H2,1H3,(H,14,19)/t10-/m1/s1. The molecule has 0 unspecified atom stereocenters. The van der Waals surface area contributed by atoms with E-state index in [9.17, 15) is 0 Å². The Kier molecular flexibility index (Phi) is 3.33. The van der Waals surface area contributed by atoms with E-state index < -0.39 is 0 Å². The molecule has 1 N–H and O–H groups in total. The van der Waals surface area contributed by atoms with Crippen molar-refractivity contribution in [1.29, 1.82) is 0 Å². The van der Waals surface area contributed by atoms with Crippen molar-refractivity contribution in [2.45, 2.75) is 25.8 Å². The van der Waals surface area contributed by atoms with E-state index in [-0.39, 0.29) is 6.04 Å². The van der Waals surface area contributed by atoms with E-state index in [4.69, 9.17) is 12.2 Å². The molecule has 0 saturated carbocycles. The summed E-state index contributed by atoms with van der Waals surface area (Å²) in [6.07, 6.45) is 4.22. The summed E-state index contributed by atoms with van der Waals surface area (Å²) in [5, 5.41) is 12.6. The van der Waals surface area contributed by atoms with Gasteiger partial charge in [0.25, 0.3) is 0 Å². The number of hydrogen-bond donors (Lipinski definition) is 1. The summed E-state index contributed by atoms with van der Waals surface area (Å²) < 4.78 is 2.05. The Bertz CT molecular complexity index is 593. The molecule has 1 aliphatic rings. The number of nitrogens with one attached hydrogen (secondary N) is 1. The molecule has 0 aliphatic carbocycles. The van der Waals surface area contributed by atoms with E-state index in [1.807, 2.05) is 24.4 Å². The van der Waals surface area contributed by atoms with Gasteiger partial charge in [-0.15, -0.1) is 10.2 Å². The number of fused-ring (bicyclic) bond motifs is 1. The number of thiocarbonyl (C=S) groups is 1. The van der Waals surface area contributed by atoms with E-state index in [1.54, 1.807) is 0 Å². The number of aromatic nitrogens is 3. The zero-order valence-corrected chi connectivity index (χ0v) is 11.7. The van der Waals surface area contributed by atoms with Gasteiger partial charge in [-0.3, -0.25) is 4.40 Å². The minimum Gasteiger partial charge on any atom is -0.363 e. The Hall–Kier alpha value is -1.69. The first kappa shape index (κ1) is 12.3. The van der Waals surface area contributed by atoms with Gasteiger partial charge in [0.05, 0.1) is 6.04 Å². The molecule has 0 bridgehead atoms. The smallest absolute Gasteiger partial charge is 0.169 e. The topological polar surface area (TPSA) is 45.5 Å². The van der Waals surface area contributed by atoms with Gasteiger partial charge in [0, 0.05) is 19.3 Å². The summed E-state index contributed by atoms with van der Waals surface area (Å²) in [6, 6.07) is 6.17. The Balaban J connectivity index is 1.94. The minimum absolute atomic E-state index is 0.226. The molecule has 6 heteroatoms. The zero-order valence-electron chi connectivity index (χ0n) is 10.9. The molecule has 100 valence electrons. The molecule has 3 rings (SSSR count). The van der Waals surface area contributed by atoms with Crippen molar-refractivity contribution >= 4 is 23.0 Å². The number of likely N-dealkylation sites (tertiary alicyclic amines) is 1. The molecular weight excluding hydrogens is 258 g/mol. The van der Waals surface area contributed by atoms with Crippen LogP contribution in [0.3, 0.4) is 0 Å². The first-order valence-corrected chi connectivity index (χ1v) is 7.06. The van der Waals surface area contributed by atoms with Gasteiger partial charge < -0.3 is 10.2 Å². The van der Waals surface area contributed by atoms with Crippen molar-refractivity contribution in [3.63, 3.8) is 0 Å². The second-order valence-electron chi connectivity index (χ2n) is 4.67. The number of hydrogen-bond acceptors (Lipinski definition) is 3. The highest BCUT2D eigenvalue weighted by molar-refractivity contribution is 7.80. The zero-order chi connectivity index (χ0) is 13.2. The molecule has 2 aromatic rings. The van der Waals surface area contributed by atoms with Crippen LogP contribution in [0.1, 0.15) is 31.6 Å². The van der Waals surface area contributed by atoms with Crippen LogP contribution >= 0.6 is 12.2 Å². The average molecular weight is 275 g/mol. The third kappa shape index (κ3) is 2.16. The van der Waals surface area contributed by atoms with Crippen LogP contribution < -0.4 is 5.32 Å².